The number of rotatable bonds is 0. The Morgan fingerprint density at radius 3 is 2.52 bits per heavy atom. The summed E-state index contributed by atoms with van der Waals surface area (Å²) in [5.41, 5.74) is -1.76. The second-order valence-corrected chi connectivity index (χ2v) is 8.74. The van der Waals surface area contributed by atoms with Gasteiger partial charge in [0.15, 0.2) is 5.78 Å². The van der Waals surface area contributed by atoms with E-state index in [-0.39, 0.29) is 17.3 Å². The SMILES string of the molecule is C=C1CC[C@]2(C)[C@@H](C)[C@H](O)C=C(C(=O)[C@@H]3O[C@@]3(C)CC[C@H]1O)[C@@]2(C)O. The summed E-state index contributed by atoms with van der Waals surface area (Å²) >= 11 is 0. The fourth-order valence-electron chi connectivity index (χ4n) is 4.51. The monoisotopic (exact) mass is 350 g/mol. The maximum atomic E-state index is 13.0. The van der Waals surface area contributed by atoms with Gasteiger partial charge in [-0.15, -0.1) is 0 Å². The van der Waals surface area contributed by atoms with E-state index in [0.717, 1.165) is 5.57 Å². The fourth-order valence-corrected chi connectivity index (χ4v) is 4.51. The lowest BCUT2D eigenvalue weighted by atomic mass is 9.55. The summed E-state index contributed by atoms with van der Waals surface area (Å²) in [7, 11) is 0. The van der Waals surface area contributed by atoms with E-state index in [1.54, 1.807) is 6.92 Å². The van der Waals surface area contributed by atoms with Gasteiger partial charge < -0.3 is 20.1 Å². The van der Waals surface area contributed by atoms with Gasteiger partial charge in [-0.25, -0.2) is 0 Å². The first-order chi connectivity index (χ1) is 11.4. The maximum absolute atomic E-state index is 13.0. The summed E-state index contributed by atoms with van der Waals surface area (Å²) in [4.78, 5) is 13.0. The quantitative estimate of drug-likeness (QED) is 0.458. The minimum Gasteiger partial charge on any atom is -0.389 e. The van der Waals surface area contributed by atoms with E-state index in [0.29, 0.717) is 25.7 Å². The summed E-state index contributed by atoms with van der Waals surface area (Å²) in [5, 5.41) is 32.3. The predicted molar refractivity (Wildman–Crippen MR) is 93.9 cm³/mol. The van der Waals surface area contributed by atoms with Crippen molar-refractivity contribution in [3.05, 3.63) is 23.8 Å². The molecule has 2 bridgehead atoms. The Labute approximate surface area is 149 Å². The Morgan fingerprint density at radius 2 is 1.88 bits per heavy atom. The summed E-state index contributed by atoms with van der Waals surface area (Å²) in [6, 6.07) is 0. The molecule has 1 heterocycles. The van der Waals surface area contributed by atoms with Crippen LogP contribution in [0.3, 0.4) is 0 Å². The number of carbonyl (C=O) groups excluding carboxylic acids is 1. The predicted octanol–water partition coefficient (Wildman–Crippen LogP) is 1.90. The van der Waals surface area contributed by atoms with Gasteiger partial charge in [-0.3, -0.25) is 4.79 Å². The Hall–Kier alpha value is -1.01. The molecule has 3 N–H and O–H groups in total. The second kappa shape index (κ2) is 5.74. The van der Waals surface area contributed by atoms with Crippen LogP contribution in [-0.4, -0.2) is 50.6 Å². The molecule has 0 spiro atoms. The van der Waals surface area contributed by atoms with E-state index < -0.39 is 34.9 Å². The third-order valence-electron chi connectivity index (χ3n) is 7.23. The van der Waals surface area contributed by atoms with Gasteiger partial charge in [0, 0.05) is 11.0 Å². The molecule has 0 radical (unpaired) electrons. The second-order valence-electron chi connectivity index (χ2n) is 8.74. The number of epoxide rings is 1. The molecule has 5 nitrogen and oxygen atoms in total. The van der Waals surface area contributed by atoms with Crippen molar-refractivity contribution in [2.75, 3.05) is 0 Å². The van der Waals surface area contributed by atoms with Crippen LogP contribution in [0.15, 0.2) is 23.8 Å². The molecular weight excluding hydrogens is 320 g/mol. The minimum atomic E-state index is -1.39. The molecule has 0 aromatic rings. The first-order valence-electron chi connectivity index (χ1n) is 9.14. The van der Waals surface area contributed by atoms with Crippen molar-refractivity contribution in [3.63, 3.8) is 0 Å². The maximum Gasteiger partial charge on any atom is 0.193 e. The molecule has 7 atom stereocenters. The zero-order valence-corrected chi connectivity index (χ0v) is 15.6. The van der Waals surface area contributed by atoms with Gasteiger partial charge in [0.25, 0.3) is 0 Å². The van der Waals surface area contributed by atoms with E-state index in [4.69, 9.17) is 4.74 Å². The molecule has 0 aromatic heterocycles. The summed E-state index contributed by atoms with van der Waals surface area (Å²) in [5.74, 6) is -0.489. The molecule has 3 rings (SSSR count). The standard InChI is InChI=1S/C20H30O5/c1-11-6-8-18(3)12(2)15(22)10-13(20(18,5)24)16(23)17-19(4,25-17)9-7-14(11)21/h10,12,14-15,17,21-22,24H,1,6-9H2,2-5H3/t12-,14+,15+,17-,18+,19-,20+/m0/s1. The van der Waals surface area contributed by atoms with Crippen LogP contribution in [0.5, 0.6) is 0 Å². The average Bonchev–Trinajstić information content (AvgIpc) is 3.23. The Kier molecular flexibility index (Phi) is 4.31. The van der Waals surface area contributed by atoms with Crippen LogP contribution in [0.4, 0.5) is 0 Å². The molecule has 0 unspecified atom stereocenters. The van der Waals surface area contributed by atoms with Gasteiger partial charge in [-0.1, -0.05) is 20.4 Å². The number of ether oxygens (including phenoxy) is 1. The van der Waals surface area contributed by atoms with Crippen LogP contribution in [0.2, 0.25) is 0 Å². The Morgan fingerprint density at radius 1 is 1.24 bits per heavy atom. The van der Waals surface area contributed by atoms with Crippen molar-refractivity contribution in [2.24, 2.45) is 11.3 Å². The van der Waals surface area contributed by atoms with Crippen molar-refractivity contribution >= 4 is 5.78 Å². The molecule has 2 fully saturated rings. The number of hydrogen-bond donors (Lipinski definition) is 3. The van der Waals surface area contributed by atoms with Crippen molar-refractivity contribution < 1.29 is 24.9 Å². The normalized spacial score (nSPS) is 51.1. The van der Waals surface area contributed by atoms with E-state index in [9.17, 15) is 20.1 Å². The van der Waals surface area contributed by atoms with E-state index in [1.807, 2.05) is 20.8 Å². The average molecular weight is 350 g/mol. The van der Waals surface area contributed by atoms with Gasteiger partial charge in [0.2, 0.25) is 0 Å². The lowest BCUT2D eigenvalue weighted by molar-refractivity contribution is -0.131. The van der Waals surface area contributed by atoms with Gasteiger partial charge >= 0.3 is 0 Å². The van der Waals surface area contributed by atoms with Gasteiger partial charge in [-0.05, 0) is 57.1 Å². The van der Waals surface area contributed by atoms with Gasteiger partial charge in [-0.2, -0.15) is 0 Å². The van der Waals surface area contributed by atoms with Crippen LogP contribution in [0.1, 0.15) is 53.4 Å². The van der Waals surface area contributed by atoms with Crippen molar-refractivity contribution in [2.45, 2.75) is 82.9 Å². The highest BCUT2D eigenvalue weighted by Crippen LogP contribution is 2.54. The van der Waals surface area contributed by atoms with Gasteiger partial charge in [0.05, 0.1) is 17.8 Å². The van der Waals surface area contributed by atoms with Crippen LogP contribution < -0.4 is 0 Å². The fraction of sp³-hybridized carbons (Fsp3) is 0.750. The number of aliphatic hydroxyl groups excluding tert-OH is 2. The third-order valence-corrected chi connectivity index (χ3v) is 7.23. The number of aliphatic hydroxyl groups is 3. The lowest BCUT2D eigenvalue weighted by Gasteiger charge is -2.52. The lowest BCUT2D eigenvalue weighted by Crippen LogP contribution is -2.57. The zero-order chi connectivity index (χ0) is 18.8. The molecule has 1 saturated heterocycles. The molecule has 0 aromatic carbocycles. The number of ketones is 1. The molecule has 2 aliphatic carbocycles. The van der Waals surface area contributed by atoms with E-state index in [1.165, 1.54) is 6.08 Å². The zero-order valence-electron chi connectivity index (χ0n) is 15.6. The molecule has 5 heteroatoms. The largest absolute Gasteiger partial charge is 0.389 e. The molecule has 140 valence electrons. The summed E-state index contributed by atoms with van der Waals surface area (Å²) < 4.78 is 5.67. The summed E-state index contributed by atoms with van der Waals surface area (Å²) in [6.07, 6.45) is 1.54. The first kappa shape index (κ1) is 18.8. The summed E-state index contributed by atoms with van der Waals surface area (Å²) in [6.45, 7) is 11.3. The third kappa shape index (κ3) is 2.72. The number of carbonyl (C=O) groups is 1. The van der Waals surface area contributed by atoms with Crippen molar-refractivity contribution in [1.29, 1.82) is 0 Å². The Bertz CT molecular complexity index is 636. The molecule has 3 aliphatic rings. The van der Waals surface area contributed by atoms with E-state index in [2.05, 4.69) is 6.58 Å². The number of hydrogen-bond acceptors (Lipinski definition) is 5. The minimum absolute atomic E-state index is 0.238. The van der Waals surface area contributed by atoms with Crippen molar-refractivity contribution in [3.8, 4) is 0 Å². The smallest absolute Gasteiger partial charge is 0.193 e. The van der Waals surface area contributed by atoms with E-state index >= 15 is 0 Å². The molecule has 1 saturated carbocycles. The molecule has 25 heavy (non-hydrogen) atoms. The first-order valence-corrected chi connectivity index (χ1v) is 9.14. The number of Topliss-reactive ketones (excluding diaryl/α,β-unsaturated/α-hetero) is 1. The van der Waals surface area contributed by atoms with Crippen LogP contribution in [-0.2, 0) is 9.53 Å². The van der Waals surface area contributed by atoms with Crippen LogP contribution in [0, 0.1) is 11.3 Å². The highest BCUT2D eigenvalue weighted by atomic mass is 16.6. The topological polar surface area (TPSA) is 90.3 Å². The van der Waals surface area contributed by atoms with Crippen molar-refractivity contribution in [1.82, 2.24) is 0 Å². The number of fused-ring (bicyclic) bond motifs is 3. The highest BCUT2D eigenvalue weighted by molar-refractivity contribution is 6.03. The van der Waals surface area contributed by atoms with Crippen LogP contribution in [0.25, 0.3) is 0 Å². The molecule has 1 aliphatic heterocycles. The molecule has 0 amide bonds. The highest BCUT2D eigenvalue weighted by Gasteiger charge is 2.62. The Balaban J connectivity index is 2.06. The van der Waals surface area contributed by atoms with Crippen LogP contribution >= 0.6 is 0 Å². The van der Waals surface area contributed by atoms with Gasteiger partial charge in [0.1, 0.15) is 11.7 Å². The molecular formula is C20H30O5.